The molecule has 0 heterocycles. The van der Waals surface area contributed by atoms with Gasteiger partial charge in [-0.25, -0.2) is 0 Å². The van der Waals surface area contributed by atoms with Crippen molar-refractivity contribution < 1.29 is 14.3 Å². The third kappa shape index (κ3) is 6.70. The number of amides is 2. The topological polar surface area (TPSA) is 58.6 Å². The number of carbonyl (C=O) groups is 2. The first-order chi connectivity index (χ1) is 12.1. The van der Waals surface area contributed by atoms with Gasteiger partial charge in [-0.05, 0) is 38.7 Å². The van der Waals surface area contributed by atoms with Crippen LogP contribution >= 0.6 is 0 Å². The van der Waals surface area contributed by atoms with E-state index in [0.29, 0.717) is 31.5 Å². The van der Waals surface area contributed by atoms with Crippen LogP contribution in [-0.2, 0) is 9.59 Å². The van der Waals surface area contributed by atoms with Gasteiger partial charge in [0.15, 0.2) is 0 Å². The molecule has 0 saturated carbocycles. The lowest BCUT2D eigenvalue weighted by Crippen LogP contribution is -2.46. The zero-order valence-electron chi connectivity index (χ0n) is 17.3. The molecule has 0 saturated heterocycles. The highest BCUT2D eigenvalue weighted by molar-refractivity contribution is 6.35. The van der Waals surface area contributed by atoms with Crippen molar-refractivity contribution in [2.24, 2.45) is 11.8 Å². The molecule has 0 fully saturated rings. The Morgan fingerprint density at radius 2 is 1.65 bits per heavy atom. The van der Waals surface area contributed by atoms with Gasteiger partial charge in [0.1, 0.15) is 5.75 Å². The molecule has 0 radical (unpaired) electrons. The summed E-state index contributed by atoms with van der Waals surface area (Å²) in [5, 5.41) is 2.84. The Kier molecular flexibility index (Phi) is 8.62. The van der Waals surface area contributed by atoms with Crippen LogP contribution < -0.4 is 10.1 Å². The second-order valence-corrected chi connectivity index (χ2v) is 7.67. The van der Waals surface area contributed by atoms with Gasteiger partial charge in [-0.3, -0.25) is 9.59 Å². The third-order valence-electron chi connectivity index (χ3n) is 3.93. The molecule has 1 rings (SSSR count). The standard InChI is InChI=1S/C21H34N2O3/c1-8-26-19-10-9-16(6)11-18(19)17(7)22-20(24)21(25)23(12-14(2)3)13-15(4)5/h9-11,14-15,17H,8,12-13H2,1-7H3,(H,22,24). The van der Waals surface area contributed by atoms with E-state index < -0.39 is 11.8 Å². The highest BCUT2D eigenvalue weighted by Gasteiger charge is 2.25. The van der Waals surface area contributed by atoms with Crippen molar-refractivity contribution in [2.45, 2.75) is 54.5 Å². The van der Waals surface area contributed by atoms with Gasteiger partial charge in [-0.15, -0.1) is 0 Å². The molecule has 1 aromatic carbocycles. The molecule has 1 atom stereocenters. The Morgan fingerprint density at radius 1 is 1.08 bits per heavy atom. The van der Waals surface area contributed by atoms with Crippen LogP contribution in [0.15, 0.2) is 18.2 Å². The molecule has 1 N–H and O–H groups in total. The summed E-state index contributed by atoms with van der Waals surface area (Å²) in [5.74, 6) is 0.320. The van der Waals surface area contributed by atoms with E-state index in [1.165, 1.54) is 0 Å². The number of ether oxygens (including phenoxy) is 1. The first-order valence-corrected chi connectivity index (χ1v) is 9.48. The number of benzene rings is 1. The summed E-state index contributed by atoms with van der Waals surface area (Å²) in [6.45, 7) is 15.7. The Balaban J connectivity index is 2.90. The number of carbonyl (C=O) groups excluding carboxylic acids is 2. The normalized spacial score (nSPS) is 12.2. The van der Waals surface area contributed by atoms with Gasteiger partial charge in [0.05, 0.1) is 12.6 Å². The molecule has 0 aliphatic heterocycles. The lowest BCUT2D eigenvalue weighted by molar-refractivity contribution is -0.146. The Hall–Kier alpha value is -2.04. The maximum absolute atomic E-state index is 12.6. The number of hydrogen-bond acceptors (Lipinski definition) is 3. The van der Waals surface area contributed by atoms with Crippen molar-refractivity contribution in [3.63, 3.8) is 0 Å². The van der Waals surface area contributed by atoms with Crippen LogP contribution in [0.2, 0.25) is 0 Å². The number of rotatable bonds is 8. The van der Waals surface area contributed by atoms with Gasteiger partial charge >= 0.3 is 11.8 Å². The van der Waals surface area contributed by atoms with Crippen molar-refractivity contribution in [1.29, 1.82) is 0 Å². The van der Waals surface area contributed by atoms with Gasteiger partial charge in [-0.2, -0.15) is 0 Å². The van der Waals surface area contributed by atoms with Gasteiger partial charge < -0.3 is 15.0 Å². The molecular formula is C21H34N2O3. The Morgan fingerprint density at radius 3 is 2.15 bits per heavy atom. The average molecular weight is 363 g/mol. The van der Waals surface area contributed by atoms with Crippen molar-refractivity contribution >= 4 is 11.8 Å². The summed E-state index contributed by atoms with van der Waals surface area (Å²) >= 11 is 0. The van der Waals surface area contributed by atoms with Gasteiger partial charge in [0, 0.05) is 18.7 Å². The molecule has 26 heavy (non-hydrogen) atoms. The van der Waals surface area contributed by atoms with Crippen molar-refractivity contribution in [1.82, 2.24) is 10.2 Å². The smallest absolute Gasteiger partial charge is 0.311 e. The minimum Gasteiger partial charge on any atom is -0.494 e. The zero-order valence-corrected chi connectivity index (χ0v) is 17.3. The van der Waals surface area contributed by atoms with E-state index in [-0.39, 0.29) is 6.04 Å². The largest absolute Gasteiger partial charge is 0.494 e. The summed E-state index contributed by atoms with van der Waals surface area (Å²) in [5.41, 5.74) is 1.96. The second-order valence-electron chi connectivity index (χ2n) is 7.67. The van der Waals surface area contributed by atoms with Gasteiger partial charge in [0.25, 0.3) is 0 Å². The summed E-state index contributed by atoms with van der Waals surface area (Å²) in [7, 11) is 0. The number of nitrogens with one attached hydrogen (secondary N) is 1. The SMILES string of the molecule is CCOc1ccc(C)cc1C(C)NC(=O)C(=O)N(CC(C)C)CC(C)C. The van der Waals surface area contributed by atoms with Crippen LogP contribution in [0.25, 0.3) is 0 Å². The fourth-order valence-electron chi connectivity index (χ4n) is 2.89. The Bertz CT molecular complexity index is 601. The number of hydrogen-bond donors (Lipinski definition) is 1. The Labute approximate surface area is 158 Å². The minimum absolute atomic E-state index is 0.309. The number of aryl methyl sites for hydroxylation is 1. The van der Waals surface area contributed by atoms with E-state index >= 15 is 0 Å². The maximum atomic E-state index is 12.6. The first-order valence-electron chi connectivity index (χ1n) is 9.48. The van der Waals surface area contributed by atoms with Crippen LogP contribution in [0.4, 0.5) is 0 Å². The molecule has 2 amide bonds. The van der Waals surface area contributed by atoms with Crippen LogP contribution in [0.5, 0.6) is 5.75 Å². The van der Waals surface area contributed by atoms with E-state index in [4.69, 9.17) is 4.74 Å². The number of nitrogens with zero attached hydrogens (tertiary/aromatic N) is 1. The molecule has 0 aliphatic rings. The molecular weight excluding hydrogens is 328 g/mol. The van der Waals surface area contributed by atoms with E-state index in [9.17, 15) is 9.59 Å². The maximum Gasteiger partial charge on any atom is 0.311 e. The second kappa shape index (κ2) is 10.2. The van der Waals surface area contributed by atoms with Crippen molar-refractivity contribution in [2.75, 3.05) is 19.7 Å². The molecule has 0 aliphatic carbocycles. The molecule has 146 valence electrons. The quantitative estimate of drug-likeness (QED) is 0.717. The molecule has 1 unspecified atom stereocenters. The molecule has 5 nitrogen and oxygen atoms in total. The average Bonchev–Trinajstić information content (AvgIpc) is 2.54. The predicted octanol–water partition coefficient (Wildman–Crippen LogP) is 3.71. The highest BCUT2D eigenvalue weighted by atomic mass is 16.5. The zero-order chi connectivity index (χ0) is 19.9. The summed E-state index contributed by atoms with van der Waals surface area (Å²) in [6, 6.07) is 5.55. The van der Waals surface area contributed by atoms with Gasteiger partial charge in [0.2, 0.25) is 0 Å². The monoisotopic (exact) mass is 362 g/mol. The third-order valence-corrected chi connectivity index (χ3v) is 3.93. The van der Waals surface area contributed by atoms with E-state index in [1.54, 1.807) is 4.90 Å². The van der Waals surface area contributed by atoms with Gasteiger partial charge in [-0.1, -0.05) is 45.4 Å². The van der Waals surface area contributed by atoms with E-state index in [2.05, 4.69) is 5.32 Å². The van der Waals surface area contributed by atoms with E-state index in [0.717, 1.165) is 16.9 Å². The fourth-order valence-corrected chi connectivity index (χ4v) is 2.89. The van der Waals surface area contributed by atoms with Crippen LogP contribution in [-0.4, -0.2) is 36.4 Å². The minimum atomic E-state index is -0.567. The molecule has 5 heteroatoms. The molecule has 0 bridgehead atoms. The predicted molar refractivity (Wildman–Crippen MR) is 105 cm³/mol. The van der Waals surface area contributed by atoms with Crippen LogP contribution in [0.1, 0.15) is 58.7 Å². The summed E-state index contributed by atoms with van der Waals surface area (Å²) in [6.07, 6.45) is 0. The lowest BCUT2D eigenvalue weighted by Gasteiger charge is -2.26. The highest BCUT2D eigenvalue weighted by Crippen LogP contribution is 2.26. The van der Waals surface area contributed by atoms with Crippen LogP contribution in [0.3, 0.4) is 0 Å². The van der Waals surface area contributed by atoms with Crippen molar-refractivity contribution in [3.8, 4) is 5.75 Å². The van der Waals surface area contributed by atoms with Crippen LogP contribution in [0, 0.1) is 18.8 Å². The first kappa shape index (κ1) is 22.0. The molecule has 0 aromatic heterocycles. The summed E-state index contributed by atoms with van der Waals surface area (Å²) in [4.78, 5) is 26.8. The molecule has 1 aromatic rings. The van der Waals surface area contributed by atoms with Crippen molar-refractivity contribution in [3.05, 3.63) is 29.3 Å². The lowest BCUT2D eigenvalue weighted by atomic mass is 10.0. The fraction of sp³-hybridized carbons (Fsp3) is 0.619. The summed E-state index contributed by atoms with van der Waals surface area (Å²) < 4.78 is 5.66. The molecule has 0 spiro atoms. The van der Waals surface area contributed by atoms with E-state index in [1.807, 2.05) is 66.7 Å².